The van der Waals surface area contributed by atoms with Gasteiger partial charge in [0.05, 0.1) is 21.8 Å². The molecular formula is C12H13ClN4S. The lowest BCUT2D eigenvalue weighted by molar-refractivity contribution is 0.881. The van der Waals surface area contributed by atoms with Gasteiger partial charge < -0.3 is 5.73 Å². The first-order valence-corrected chi connectivity index (χ1v) is 6.57. The second-order valence-corrected chi connectivity index (χ2v) is 5.33. The highest BCUT2D eigenvalue weighted by molar-refractivity contribution is 7.99. The van der Waals surface area contributed by atoms with Crippen LogP contribution >= 0.6 is 23.4 Å². The molecule has 0 spiro atoms. The van der Waals surface area contributed by atoms with E-state index in [4.69, 9.17) is 17.3 Å². The molecule has 2 N–H and O–H groups in total. The van der Waals surface area contributed by atoms with Crippen LogP contribution < -0.4 is 5.73 Å². The molecule has 0 saturated carbocycles. The summed E-state index contributed by atoms with van der Waals surface area (Å²) in [6.07, 6.45) is 3.14. The Morgan fingerprint density at radius 1 is 1.11 bits per heavy atom. The molecule has 4 nitrogen and oxygen atoms in total. The van der Waals surface area contributed by atoms with Gasteiger partial charge in [-0.3, -0.25) is 4.98 Å². The van der Waals surface area contributed by atoms with Crippen molar-refractivity contribution in [3.05, 3.63) is 34.4 Å². The standard InChI is InChI=1S/C12H13ClN4S/c1-6-7(2)16-12(17-8(6)3)18-11-9(13)4-15-5-10(11)14/h4-5H,14H2,1-3H3. The van der Waals surface area contributed by atoms with Crippen molar-refractivity contribution >= 4 is 29.1 Å². The van der Waals surface area contributed by atoms with Crippen LogP contribution in [0.4, 0.5) is 5.69 Å². The van der Waals surface area contributed by atoms with Crippen LogP contribution in [-0.4, -0.2) is 15.0 Å². The summed E-state index contributed by atoms with van der Waals surface area (Å²) in [6, 6.07) is 0. The van der Waals surface area contributed by atoms with Crippen molar-refractivity contribution in [3.8, 4) is 0 Å². The minimum Gasteiger partial charge on any atom is -0.397 e. The zero-order valence-electron chi connectivity index (χ0n) is 10.4. The number of nitrogens with zero attached hydrogens (tertiary/aromatic N) is 3. The summed E-state index contributed by atoms with van der Waals surface area (Å²) in [4.78, 5) is 13.5. The van der Waals surface area contributed by atoms with E-state index in [9.17, 15) is 0 Å². The summed E-state index contributed by atoms with van der Waals surface area (Å²) in [5, 5.41) is 1.16. The number of hydrogen-bond donors (Lipinski definition) is 1. The number of hydrogen-bond acceptors (Lipinski definition) is 5. The van der Waals surface area contributed by atoms with Gasteiger partial charge in [0, 0.05) is 17.6 Å². The Labute approximate surface area is 115 Å². The molecule has 2 aromatic heterocycles. The SMILES string of the molecule is Cc1nc(Sc2c(N)cncc2Cl)nc(C)c1C. The lowest BCUT2D eigenvalue weighted by Crippen LogP contribution is -1.99. The predicted molar refractivity (Wildman–Crippen MR) is 74.0 cm³/mol. The van der Waals surface area contributed by atoms with Crippen LogP contribution in [0.15, 0.2) is 22.4 Å². The summed E-state index contributed by atoms with van der Waals surface area (Å²) < 4.78 is 0. The molecule has 2 aromatic rings. The van der Waals surface area contributed by atoms with E-state index in [0.717, 1.165) is 21.8 Å². The first-order chi connectivity index (χ1) is 8.49. The maximum absolute atomic E-state index is 6.07. The van der Waals surface area contributed by atoms with E-state index >= 15 is 0 Å². The lowest BCUT2D eigenvalue weighted by atomic mass is 10.2. The monoisotopic (exact) mass is 280 g/mol. The van der Waals surface area contributed by atoms with Gasteiger partial charge >= 0.3 is 0 Å². The van der Waals surface area contributed by atoms with E-state index in [0.29, 0.717) is 15.9 Å². The van der Waals surface area contributed by atoms with Crippen LogP contribution in [0.1, 0.15) is 17.0 Å². The highest BCUT2D eigenvalue weighted by atomic mass is 35.5. The average Bonchev–Trinajstić information content (AvgIpc) is 2.31. The Bertz CT molecular complexity index is 557. The van der Waals surface area contributed by atoms with Crippen LogP contribution in [0.3, 0.4) is 0 Å². The second-order valence-electron chi connectivity index (χ2n) is 3.94. The lowest BCUT2D eigenvalue weighted by Gasteiger charge is -2.08. The van der Waals surface area contributed by atoms with E-state index < -0.39 is 0 Å². The summed E-state index contributed by atoms with van der Waals surface area (Å²) in [6.45, 7) is 5.93. The molecule has 0 amide bonds. The molecule has 6 heteroatoms. The number of anilines is 1. The van der Waals surface area contributed by atoms with E-state index in [1.165, 1.54) is 11.8 Å². The summed E-state index contributed by atoms with van der Waals surface area (Å²) in [5.41, 5.74) is 9.42. The van der Waals surface area contributed by atoms with E-state index in [2.05, 4.69) is 15.0 Å². The molecular weight excluding hydrogens is 268 g/mol. The number of aromatic nitrogens is 3. The molecule has 2 heterocycles. The van der Waals surface area contributed by atoms with Crippen molar-refractivity contribution in [1.82, 2.24) is 15.0 Å². The fraction of sp³-hybridized carbons (Fsp3) is 0.250. The number of rotatable bonds is 2. The minimum absolute atomic E-state index is 0.513. The molecule has 0 aliphatic heterocycles. The molecule has 2 rings (SSSR count). The molecule has 18 heavy (non-hydrogen) atoms. The van der Waals surface area contributed by atoms with Gasteiger partial charge in [-0.2, -0.15) is 0 Å². The third-order valence-corrected chi connectivity index (χ3v) is 4.11. The fourth-order valence-corrected chi connectivity index (χ4v) is 2.57. The van der Waals surface area contributed by atoms with E-state index in [1.54, 1.807) is 12.4 Å². The molecule has 0 bridgehead atoms. The predicted octanol–water partition coefficient (Wildman–Crippen LogP) is 3.18. The molecule has 0 radical (unpaired) electrons. The number of nitrogens with two attached hydrogens (primary N) is 1. The van der Waals surface area contributed by atoms with Crippen molar-refractivity contribution in [3.63, 3.8) is 0 Å². The fourth-order valence-electron chi connectivity index (χ4n) is 1.42. The molecule has 0 aromatic carbocycles. The van der Waals surface area contributed by atoms with Crippen molar-refractivity contribution in [2.24, 2.45) is 0 Å². The van der Waals surface area contributed by atoms with Gasteiger partial charge in [-0.1, -0.05) is 11.6 Å². The van der Waals surface area contributed by atoms with Crippen molar-refractivity contribution in [2.75, 3.05) is 5.73 Å². The summed E-state index contributed by atoms with van der Waals surface area (Å²) >= 11 is 7.43. The molecule has 0 atom stereocenters. The topological polar surface area (TPSA) is 64.7 Å². The van der Waals surface area contributed by atoms with E-state index in [-0.39, 0.29) is 0 Å². The van der Waals surface area contributed by atoms with E-state index in [1.807, 2.05) is 20.8 Å². The summed E-state index contributed by atoms with van der Waals surface area (Å²) in [7, 11) is 0. The molecule has 0 saturated heterocycles. The van der Waals surface area contributed by atoms with Gasteiger partial charge in [-0.15, -0.1) is 0 Å². The van der Waals surface area contributed by atoms with Gasteiger partial charge in [0.15, 0.2) is 5.16 Å². The first kappa shape index (κ1) is 13.1. The quantitative estimate of drug-likeness (QED) is 0.856. The van der Waals surface area contributed by atoms with Gasteiger partial charge in [0.25, 0.3) is 0 Å². The maximum atomic E-state index is 6.07. The smallest absolute Gasteiger partial charge is 0.193 e. The Balaban J connectivity index is 2.41. The largest absolute Gasteiger partial charge is 0.397 e. The van der Waals surface area contributed by atoms with Crippen LogP contribution in [-0.2, 0) is 0 Å². The van der Waals surface area contributed by atoms with Crippen molar-refractivity contribution in [2.45, 2.75) is 30.8 Å². The Hall–Kier alpha value is -1.33. The Morgan fingerprint density at radius 3 is 2.28 bits per heavy atom. The number of nitrogen functional groups attached to an aromatic ring is 1. The van der Waals surface area contributed by atoms with Crippen LogP contribution in [0.25, 0.3) is 0 Å². The number of pyridine rings is 1. The zero-order valence-corrected chi connectivity index (χ0v) is 11.9. The summed E-state index contributed by atoms with van der Waals surface area (Å²) in [5.74, 6) is 0. The van der Waals surface area contributed by atoms with Crippen molar-refractivity contribution < 1.29 is 0 Å². The molecule has 0 fully saturated rings. The molecule has 0 unspecified atom stereocenters. The number of aryl methyl sites for hydroxylation is 2. The first-order valence-electron chi connectivity index (χ1n) is 5.37. The van der Waals surface area contributed by atoms with Crippen LogP contribution in [0, 0.1) is 20.8 Å². The third kappa shape index (κ3) is 2.57. The highest BCUT2D eigenvalue weighted by Gasteiger charge is 2.11. The maximum Gasteiger partial charge on any atom is 0.193 e. The zero-order chi connectivity index (χ0) is 13.3. The molecule has 94 valence electrons. The number of halogens is 1. The molecule has 0 aliphatic rings. The minimum atomic E-state index is 0.513. The normalized spacial score (nSPS) is 10.7. The van der Waals surface area contributed by atoms with Crippen LogP contribution in [0.2, 0.25) is 5.02 Å². The third-order valence-electron chi connectivity index (χ3n) is 2.69. The van der Waals surface area contributed by atoms with Crippen molar-refractivity contribution in [1.29, 1.82) is 0 Å². The van der Waals surface area contributed by atoms with Crippen LogP contribution in [0.5, 0.6) is 0 Å². The van der Waals surface area contributed by atoms with Gasteiger partial charge in [-0.05, 0) is 38.1 Å². The molecule has 0 aliphatic carbocycles. The Kier molecular flexibility index (Phi) is 3.73. The van der Waals surface area contributed by atoms with Gasteiger partial charge in [0.1, 0.15) is 0 Å². The average molecular weight is 281 g/mol. The second kappa shape index (κ2) is 5.12. The van der Waals surface area contributed by atoms with Gasteiger partial charge in [-0.25, -0.2) is 9.97 Å². The highest BCUT2D eigenvalue weighted by Crippen LogP contribution is 2.35. The van der Waals surface area contributed by atoms with Gasteiger partial charge in [0.2, 0.25) is 0 Å². The Morgan fingerprint density at radius 2 is 1.72 bits per heavy atom.